The molecule has 0 aliphatic rings. The summed E-state index contributed by atoms with van der Waals surface area (Å²) in [6.07, 6.45) is 0.906. The highest BCUT2D eigenvalue weighted by atomic mass is 35.5. The van der Waals surface area contributed by atoms with Crippen molar-refractivity contribution in [3.05, 3.63) is 41.2 Å². The zero-order valence-electron chi connectivity index (χ0n) is 9.97. The molecule has 2 aromatic rings. The van der Waals surface area contributed by atoms with Crippen LogP contribution in [0.4, 0.5) is 0 Å². The number of tetrazole rings is 1. The second kappa shape index (κ2) is 5.27. The van der Waals surface area contributed by atoms with Gasteiger partial charge in [-0.3, -0.25) is 0 Å². The van der Waals surface area contributed by atoms with Crippen LogP contribution in [0.25, 0.3) is 0 Å². The zero-order chi connectivity index (χ0) is 12.3. The molecule has 1 aromatic carbocycles. The fraction of sp³-hybridized carbons (Fsp3) is 0.417. The first-order valence-electron chi connectivity index (χ1n) is 5.62. The number of rotatable bonds is 4. The Labute approximate surface area is 106 Å². The monoisotopic (exact) mass is 250 g/mol. The van der Waals surface area contributed by atoms with Crippen molar-refractivity contribution < 1.29 is 0 Å². The quantitative estimate of drug-likeness (QED) is 0.784. The molecule has 0 amide bonds. The Bertz CT molecular complexity index is 493. The Morgan fingerprint density at radius 2 is 2.24 bits per heavy atom. The van der Waals surface area contributed by atoms with Gasteiger partial charge in [-0.2, -0.15) is 0 Å². The standard InChI is InChI=1S/C12H15ClN4/c1-9-4-3-5-11(8-9)6-7-17-12(10(2)13)14-15-16-17/h3-5,8,10H,6-7H2,1-2H3. The van der Waals surface area contributed by atoms with Gasteiger partial charge in [0.25, 0.3) is 0 Å². The lowest BCUT2D eigenvalue weighted by atomic mass is 10.1. The van der Waals surface area contributed by atoms with E-state index < -0.39 is 0 Å². The molecule has 0 bridgehead atoms. The maximum atomic E-state index is 5.99. The molecule has 0 aliphatic heterocycles. The number of nitrogens with zero attached hydrogens (tertiary/aromatic N) is 4. The summed E-state index contributed by atoms with van der Waals surface area (Å²) in [5, 5.41) is 11.3. The highest BCUT2D eigenvalue weighted by Gasteiger charge is 2.11. The van der Waals surface area contributed by atoms with Crippen molar-refractivity contribution in [2.75, 3.05) is 0 Å². The van der Waals surface area contributed by atoms with E-state index in [1.165, 1.54) is 11.1 Å². The lowest BCUT2D eigenvalue weighted by Gasteiger charge is -2.06. The van der Waals surface area contributed by atoms with E-state index in [9.17, 15) is 0 Å². The average molecular weight is 251 g/mol. The van der Waals surface area contributed by atoms with Crippen LogP contribution in [0.3, 0.4) is 0 Å². The van der Waals surface area contributed by atoms with Gasteiger partial charge in [-0.15, -0.1) is 16.7 Å². The van der Waals surface area contributed by atoms with E-state index in [4.69, 9.17) is 11.6 Å². The van der Waals surface area contributed by atoms with Crippen LogP contribution >= 0.6 is 11.6 Å². The minimum absolute atomic E-state index is 0.164. The third-order valence-electron chi connectivity index (χ3n) is 2.61. The highest BCUT2D eigenvalue weighted by molar-refractivity contribution is 6.20. The zero-order valence-corrected chi connectivity index (χ0v) is 10.7. The van der Waals surface area contributed by atoms with Crippen LogP contribution in [0, 0.1) is 6.92 Å². The van der Waals surface area contributed by atoms with Crippen molar-refractivity contribution in [2.24, 2.45) is 0 Å². The first kappa shape index (κ1) is 12.0. The largest absolute Gasteiger partial charge is 0.228 e. The normalized spacial score (nSPS) is 12.6. The molecule has 2 rings (SSSR count). The SMILES string of the molecule is Cc1cccc(CCn2nnnc2C(C)Cl)c1. The number of aromatic nitrogens is 4. The molecule has 0 fully saturated rings. The second-order valence-electron chi connectivity index (χ2n) is 4.12. The summed E-state index contributed by atoms with van der Waals surface area (Å²) in [5.41, 5.74) is 2.55. The second-order valence-corrected chi connectivity index (χ2v) is 4.77. The van der Waals surface area contributed by atoms with Crippen LogP contribution in [-0.2, 0) is 13.0 Å². The van der Waals surface area contributed by atoms with Crippen LogP contribution in [0.5, 0.6) is 0 Å². The van der Waals surface area contributed by atoms with Gasteiger partial charge < -0.3 is 0 Å². The molecule has 0 aliphatic carbocycles. The Morgan fingerprint density at radius 3 is 2.94 bits per heavy atom. The molecular weight excluding hydrogens is 236 g/mol. The first-order chi connectivity index (χ1) is 8.16. The fourth-order valence-electron chi connectivity index (χ4n) is 1.76. The molecular formula is C12H15ClN4. The first-order valence-corrected chi connectivity index (χ1v) is 6.06. The summed E-state index contributed by atoms with van der Waals surface area (Å²) in [4.78, 5) is 0. The van der Waals surface area contributed by atoms with E-state index in [1.54, 1.807) is 4.68 Å². The van der Waals surface area contributed by atoms with E-state index in [2.05, 4.69) is 46.7 Å². The fourth-order valence-corrected chi connectivity index (χ4v) is 1.91. The van der Waals surface area contributed by atoms with Crippen LogP contribution < -0.4 is 0 Å². The van der Waals surface area contributed by atoms with E-state index >= 15 is 0 Å². The molecule has 0 N–H and O–H groups in total. The molecule has 0 spiro atoms. The van der Waals surface area contributed by atoms with Crippen LogP contribution in [0.1, 0.15) is 29.3 Å². The molecule has 1 atom stereocenters. The molecule has 17 heavy (non-hydrogen) atoms. The third-order valence-corrected chi connectivity index (χ3v) is 2.81. The van der Waals surface area contributed by atoms with E-state index in [1.807, 2.05) is 6.92 Å². The summed E-state index contributed by atoms with van der Waals surface area (Å²) >= 11 is 5.99. The Kier molecular flexibility index (Phi) is 3.74. The smallest absolute Gasteiger partial charge is 0.168 e. The van der Waals surface area contributed by atoms with Gasteiger partial charge in [-0.25, -0.2) is 4.68 Å². The van der Waals surface area contributed by atoms with Crippen molar-refractivity contribution >= 4 is 11.6 Å². The maximum Gasteiger partial charge on any atom is 0.168 e. The number of benzene rings is 1. The molecule has 90 valence electrons. The van der Waals surface area contributed by atoms with E-state index in [0.29, 0.717) is 0 Å². The molecule has 0 saturated heterocycles. The lowest BCUT2D eigenvalue weighted by Crippen LogP contribution is -2.08. The molecule has 0 radical (unpaired) electrons. The number of alkyl halides is 1. The molecule has 1 unspecified atom stereocenters. The molecule has 1 heterocycles. The van der Waals surface area contributed by atoms with Crippen molar-refractivity contribution in [3.63, 3.8) is 0 Å². The van der Waals surface area contributed by atoms with Gasteiger partial charge in [0.2, 0.25) is 0 Å². The molecule has 4 nitrogen and oxygen atoms in total. The average Bonchev–Trinajstić information content (AvgIpc) is 2.74. The molecule has 5 heteroatoms. The Morgan fingerprint density at radius 1 is 1.41 bits per heavy atom. The van der Waals surface area contributed by atoms with Gasteiger partial charge in [-0.05, 0) is 36.3 Å². The Hall–Kier alpha value is -1.42. The van der Waals surface area contributed by atoms with Gasteiger partial charge in [0.15, 0.2) is 5.82 Å². The van der Waals surface area contributed by atoms with Crippen molar-refractivity contribution in [2.45, 2.75) is 32.2 Å². The summed E-state index contributed by atoms with van der Waals surface area (Å²) in [5.74, 6) is 0.722. The molecule has 1 aromatic heterocycles. The number of hydrogen-bond donors (Lipinski definition) is 0. The summed E-state index contributed by atoms with van der Waals surface area (Å²) in [7, 11) is 0. The highest BCUT2D eigenvalue weighted by Crippen LogP contribution is 2.15. The minimum atomic E-state index is -0.164. The minimum Gasteiger partial charge on any atom is -0.228 e. The van der Waals surface area contributed by atoms with Crippen molar-refractivity contribution in [1.82, 2.24) is 20.2 Å². The predicted octanol–water partition coefficient (Wildman–Crippen LogP) is 2.52. The predicted molar refractivity (Wildman–Crippen MR) is 67.0 cm³/mol. The number of aryl methyl sites for hydroxylation is 3. The number of hydrogen-bond acceptors (Lipinski definition) is 3. The Balaban J connectivity index is 2.05. The molecule has 0 saturated carbocycles. The third kappa shape index (κ3) is 3.03. The van der Waals surface area contributed by atoms with E-state index in [0.717, 1.165) is 18.8 Å². The van der Waals surface area contributed by atoms with Gasteiger partial charge >= 0.3 is 0 Å². The van der Waals surface area contributed by atoms with Gasteiger partial charge in [0.05, 0.1) is 5.38 Å². The van der Waals surface area contributed by atoms with Gasteiger partial charge in [0, 0.05) is 6.54 Å². The van der Waals surface area contributed by atoms with Crippen molar-refractivity contribution in [1.29, 1.82) is 0 Å². The maximum absolute atomic E-state index is 5.99. The van der Waals surface area contributed by atoms with Crippen LogP contribution in [0.2, 0.25) is 0 Å². The lowest BCUT2D eigenvalue weighted by molar-refractivity contribution is 0.564. The van der Waals surface area contributed by atoms with E-state index in [-0.39, 0.29) is 5.38 Å². The van der Waals surface area contributed by atoms with Crippen molar-refractivity contribution in [3.8, 4) is 0 Å². The summed E-state index contributed by atoms with van der Waals surface area (Å²) < 4.78 is 1.76. The van der Waals surface area contributed by atoms with Gasteiger partial charge in [-0.1, -0.05) is 29.8 Å². The summed E-state index contributed by atoms with van der Waals surface area (Å²) in [6, 6.07) is 8.44. The number of halogens is 1. The van der Waals surface area contributed by atoms with Gasteiger partial charge in [0.1, 0.15) is 0 Å². The van der Waals surface area contributed by atoms with Crippen LogP contribution in [-0.4, -0.2) is 20.2 Å². The topological polar surface area (TPSA) is 43.6 Å². The van der Waals surface area contributed by atoms with Crippen LogP contribution in [0.15, 0.2) is 24.3 Å². The summed E-state index contributed by atoms with van der Waals surface area (Å²) in [6.45, 7) is 4.71.